The van der Waals surface area contributed by atoms with Gasteiger partial charge in [0, 0.05) is 6.07 Å². The maximum atomic E-state index is 12.5. The Morgan fingerprint density at radius 2 is 1.89 bits per heavy atom. The number of hydrogen-bond donors (Lipinski definition) is 1. The number of hydrogen-bond acceptors (Lipinski definition) is 5. The van der Waals surface area contributed by atoms with Gasteiger partial charge in [-0.2, -0.15) is 0 Å². The van der Waals surface area contributed by atoms with Crippen LogP contribution in [0.5, 0.6) is 0 Å². The van der Waals surface area contributed by atoms with E-state index in [0.717, 1.165) is 6.07 Å². The molecule has 1 aliphatic rings. The molecule has 0 saturated heterocycles. The van der Waals surface area contributed by atoms with E-state index < -0.39 is 34.9 Å². The van der Waals surface area contributed by atoms with E-state index >= 15 is 0 Å². The van der Waals surface area contributed by atoms with Gasteiger partial charge in [0.2, 0.25) is 5.91 Å². The molecule has 27 heavy (non-hydrogen) atoms. The normalized spacial score (nSPS) is 12.9. The molecule has 2 aromatic carbocycles. The largest absolute Gasteiger partial charge is 0.322 e. The van der Waals surface area contributed by atoms with E-state index in [2.05, 4.69) is 5.32 Å². The molecule has 1 aliphatic heterocycles. The average Bonchev–Trinajstić information content (AvgIpc) is 2.87. The summed E-state index contributed by atoms with van der Waals surface area (Å²) in [7, 11) is 0. The molecular weight excluding hydrogens is 397 g/mol. The molecule has 1 N–H and O–H groups in total. The van der Waals surface area contributed by atoms with Crippen LogP contribution in [0, 0.1) is 17.0 Å². The van der Waals surface area contributed by atoms with Crippen molar-refractivity contribution in [3.8, 4) is 0 Å². The number of fused-ring (bicyclic) bond motifs is 1. The summed E-state index contributed by atoms with van der Waals surface area (Å²) in [5.74, 6) is -2.41. The number of nitrogens with zero attached hydrogens (tertiary/aromatic N) is 2. The maximum Gasteiger partial charge on any atom is 0.282 e. The number of rotatable bonds is 4. The van der Waals surface area contributed by atoms with Crippen molar-refractivity contribution in [2.24, 2.45) is 0 Å². The summed E-state index contributed by atoms with van der Waals surface area (Å²) in [5.41, 5.74) is -0.0993. The van der Waals surface area contributed by atoms with E-state index in [0.29, 0.717) is 10.5 Å². The first-order chi connectivity index (χ1) is 12.7. The molecule has 0 fully saturated rings. The molecule has 0 radical (unpaired) electrons. The van der Waals surface area contributed by atoms with Crippen LogP contribution in [0.15, 0.2) is 30.3 Å². The molecule has 8 nitrogen and oxygen atoms in total. The van der Waals surface area contributed by atoms with Gasteiger partial charge in [-0.1, -0.05) is 35.3 Å². The lowest BCUT2D eigenvalue weighted by atomic mass is 10.1. The molecule has 0 spiro atoms. The van der Waals surface area contributed by atoms with Crippen LogP contribution >= 0.6 is 23.2 Å². The highest BCUT2D eigenvalue weighted by Gasteiger charge is 2.41. The Hall–Kier alpha value is -2.97. The summed E-state index contributed by atoms with van der Waals surface area (Å²) in [6, 6.07) is 6.94. The van der Waals surface area contributed by atoms with Crippen LogP contribution in [-0.2, 0) is 4.79 Å². The zero-order valence-electron chi connectivity index (χ0n) is 13.8. The number of halogens is 2. The third kappa shape index (κ3) is 3.24. The lowest BCUT2D eigenvalue weighted by molar-refractivity contribution is -0.385. The Labute approximate surface area is 162 Å². The quantitative estimate of drug-likeness (QED) is 0.474. The van der Waals surface area contributed by atoms with Crippen LogP contribution in [0.2, 0.25) is 10.0 Å². The smallest absolute Gasteiger partial charge is 0.282 e. The minimum absolute atomic E-state index is 0.117. The van der Waals surface area contributed by atoms with Crippen molar-refractivity contribution in [2.45, 2.75) is 6.92 Å². The number of aryl methyl sites for hydroxylation is 1. The van der Waals surface area contributed by atoms with Gasteiger partial charge in [-0.25, -0.2) is 0 Å². The predicted molar refractivity (Wildman–Crippen MR) is 98.3 cm³/mol. The predicted octanol–water partition coefficient (Wildman–Crippen LogP) is 3.44. The highest BCUT2D eigenvalue weighted by atomic mass is 35.5. The molecule has 2 aromatic rings. The van der Waals surface area contributed by atoms with Crippen LogP contribution in [0.25, 0.3) is 0 Å². The molecule has 0 unspecified atom stereocenters. The number of nitrogens with one attached hydrogen (secondary N) is 1. The van der Waals surface area contributed by atoms with Crippen LogP contribution in [-0.4, -0.2) is 34.1 Å². The van der Waals surface area contributed by atoms with Gasteiger partial charge in [0.25, 0.3) is 17.5 Å². The summed E-state index contributed by atoms with van der Waals surface area (Å²) < 4.78 is 0. The summed E-state index contributed by atoms with van der Waals surface area (Å²) in [6.45, 7) is 1.09. The second-order valence-electron chi connectivity index (χ2n) is 5.75. The number of anilines is 1. The fourth-order valence-corrected chi connectivity index (χ4v) is 3.17. The van der Waals surface area contributed by atoms with Crippen LogP contribution < -0.4 is 5.32 Å². The van der Waals surface area contributed by atoms with E-state index in [9.17, 15) is 24.5 Å². The van der Waals surface area contributed by atoms with Gasteiger partial charge in [0.15, 0.2) is 0 Å². The highest BCUT2D eigenvalue weighted by Crippen LogP contribution is 2.33. The summed E-state index contributed by atoms with van der Waals surface area (Å²) in [4.78, 5) is 48.2. The summed E-state index contributed by atoms with van der Waals surface area (Å²) >= 11 is 12.2. The van der Waals surface area contributed by atoms with Gasteiger partial charge >= 0.3 is 0 Å². The molecule has 0 saturated carbocycles. The number of amides is 3. The van der Waals surface area contributed by atoms with Crippen molar-refractivity contribution in [1.29, 1.82) is 0 Å². The van der Waals surface area contributed by atoms with Crippen molar-refractivity contribution in [1.82, 2.24) is 4.90 Å². The number of carbonyl (C=O) groups excluding carboxylic acids is 3. The molecule has 0 bridgehead atoms. The first kappa shape index (κ1) is 18.8. The topological polar surface area (TPSA) is 110 Å². The monoisotopic (exact) mass is 407 g/mol. The SMILES string of the molecule is Cc1ccc(Cl)c(NC(=O)CN2C(=O)c3cccc([N+](=O)[O-])c3C2=O)c1Cl. The molecule has 10 heteroatoms. The van der Waals surface area contributed by atoms with Crippen molar-refractivity contribution >= 4 is 52.3 Å². The Morgan fingerprint density at radius 1 is 1.19 bits per heavy atom. The van der Waals surface area contributed by atoms with Crippen molar-refractivity contribution in [3.05, 3.63) is 67.2 Å². The fraction of sp³-hybridized carbons (Fsp3) is 0.118. The zero-order valence-corrected chi connectivity index (χ0v) is 15.3. The second kappa shape index (κ2) is 6.98. The van der Waals surface area contributed by atoms with E-state index in [4.69, 9.17) is 23.2 Å². The Morgan fingerprint density at radius 3 is 2.56 bits per heavy atom. The summed E-state index contributed by atoms with van der Waals surface area (Å²) in [6.07, 6.45) is 0. The Kier molecular flexibility index (Phi) is 4.86. The van der Waals surface area contributed by atoms with Crippen LogP contribution in [0.4, 0.5) is 11.4 Å². The third-order valence-electron chi connectivity index (χ3n) is 4.02. The van der Waals surface area contributed by atoms with E-state index in [1.54, 1.807) is 19.1 Å². The number of benzene rings is 2. The molecule has 3 rings (SSSR count). The lowest BCUT2D eigenvalue weighted by Crippen LogP contribution is -2.37. The van der Waals surface area contributed by atoms with Gasteiger partial charge in [0.05, 0.1) is 26.2 Å². The molecular formula is C17H11Cl2N3O5. The van der Waals surface area contributed by atoms with Gasteiger partial charge < -0.3 is 5.32 Å². The minimum atomic E-state index is -0.904. The van der Waals surface area contributed by atoms with E-state index in [1.165, 1.54) is 12.1 Å². The van der Waals surface area contributed by atoms with Crippen molar-refractivity contribution < 1.29 is 19.3 Å². The van der Waals surface area contributed by atoms with Crippen molar-refractivity contribution in [2.75, 3.05) is 11.9 Å². The molecule has 0 aromatic heterocycles. The first-order valence-electron chi connectivity index (χ1n) is 7.60. The second-order valence-corrected chi connectivity index (χ2v) is 6.54. The molecule has 138 valence electrons. The Balaban J connectivity index is 1.85. The van der Waals surface area contributed by atoms with Crippen LogP contribution in [0.1, 0.15) is 26.3 Å². The van der Waals surface area contributed by atoms with Crippen LogP contribution in [0.3, 0.4) is 0 Å². The first-order valence-corrected chi connectivity index (χ1v) is 8.36. The molecule has 3 amide bonds. The number of nitro groups is 1. The van der Waals surface area contributed by atoms with Gasteiger partial charge in [0.1, 0.15) is 12.1 Å². The summed E-state index contributed by atoms with van der Waals surface area (Å²) in [5, 5.41) is 14.0. The standard InChI is InChI=1S/C17H11Cl2N3O5/c1-8-5-6-10(18)15(14(8)19)20-12(23)7-21-16(24)9-3-2-4-11(22(26)27)13(9)17(21)25/h2-6H,7H2,1H3,(H,20,23). The van der Waals surface area contributed by atoms with Gasteiger partial charge in [-0.3, -0.25) is 29.4 Å². The highest BCUT2D eigenvalue weighted by molar-refractivity contribution is 6.40. The van der Waals surface area contributed by atoms with Gasteiger partial charge in [-0.05, 0) is 24.6 Å². The minimum Gasteiger partial charge on any atom is -0.322 e. The fourth-order valence-electron chi connectivity index (χ4n) is 2.71. The zero-order chi connectivity index (χ0) is 19.9. The molecule has 0 aliphatic carbocycles. The number of nitro benzene ring substituents is 1. The average molecular weight is 408 g/mol. The van der Waals surface area contributed by atoms with Crippen molar-refractivity contribution in [3.63, 3.8) is 0 Å². The molecule has 0 atom stereocenters. The lowest BCUT2D eigenvalue weighted by Gasteiger charge is -2.15. The number of carbonyl (C=O) groups is 3. The number of imide groups is 1. The van der Waals surface area contributed by atoms with E-state index in [1.807, 2.05) is 0 Å². The van der Waals surface area contributed by atoms with Gasteiger partial charge in [-0.15, -0.1) is 0 Å². The third-order valence-corrected chi connectivity index (χ3v) is 4.83. The Bertz CT molecular complexity index is 1020. The van der Waals surface area contributed by atoms with E-state index in [-0.39, 0.29) is 26.9 Å². The maximum absolute atomic E-state index is 12.5. The molecule has 1 heterocycles.